The fraction of sp³-hybridized carbons (Fsp3) is 0.875. The van der Waals surface area contributed by atoms with Crippen molar-refractivity contribution in [1.29, 1.82) is 0 Å². The average molecular weight is 172 g/mol. The number of hydrogen-bond donors (Lipinski definition) is 0. The zero-order valence-corrected chi connectivity index (χ0v) is 7.25. The van der Waals surface area contributed by atoms with E-state index in [1.54, 1.807) is 6.92 Å². The van der Waals surface area contributed by atoms with Crippen molar-refractivity contribution in [2.24, 2.45) is 0 Å². The largest absolute Gasteiger partial charge is 0.460 e. The van der Waals surface area contributed by atoms with E-state index < -0.39 is 5.60 Å². The Labute approximate surface area is 70.8 Å². The van der Waals surface area contributed by atoms with Crippen molar-refractivity contribution in [1.82, 2.24) is 0 Å². The van der Waals surface area contributed by atoms with Gasteiger partial charge in [-0.3, -0.25) is 0 Å². The van der Waals surface area contributed by atoms with Crippen molar-refractivity contribution in [3.8, 4) is 0 Å². The molecule has 0 saturated carbocycles. The Kier molecular flexibility index (Phi) is 1.47. The number of rotatable bonds is 3. The fourth-order valence-corrected chi connectivity index (χ4v) is 0.804. The van der Waals surface area contributed by atoms with Crippen LogP contribution in [-0.4, -0.2) is 37.0 Å². The first-order valence-corrected chi connectivity index (χ1v) is 3.99. The van der Waals surface area contributed by atoms with Gasteiger partial charge in [0.25, 0.3) is 0 Å². The van der Waals surface area contributed by atoms with E-state index in [0.717, 1.165) is 0 Å². The van der Waals surface area contributed by atoms with Crippen LogP contribution in [0.15, 0.2) is 0 Å². The van der Waals surface area contributed by atoms with Gasteiger partial charge < -0.3 is 14.2 Å². The van der Waals surface area contributed by atoms with Crippen LogP contribution in [0.1, 0.15) is 13.8 Å². The number of ether oxygens (including phenoxy) is 3. The van der Waals surface area contributed by atoms with Crippen molar-refractivity contribution in [2.75, 3.05) is 19.8 Å². The third-order valence-electron chi connectivity index (χ3n) is 2.15. The van der Waals surface area contributed by atoms with E-state index in [2.05, 4.69) is 0 Å². The average Bonchev–Trinajstić information content (AvgIpc) is 2.89. The molecule has 0 aliphatic carbocycles. The quantitative estimate of drug-likeness (QED) is 0.447. The lowest BCUT2D eigenvalue weighted by Crippen LogP contribution is -2.27. The second-order valence-electron chi connectivity index (χ2n) is 3.83. The second-order valence-corrected chi connectivity index (χ2v) is 3.83. The van der Waals surface area contributed by atoms with E-state index >= 15 is 0 Å². The molecule has 0 spiro atoms. The van der Waals surface area contributed by atoms with Crippen LogP contribution in [-0.2, 0) is 19.0 Å². The SMILES string of the molecule is C[C@]1(COC(=O)[C@@]2(C)CO2)CO1. The molecule has 2 rings (SSSR count). The molecule has 2 heterocycles. The molecule has 2 aliphatic rings. The van der Waals surface area contributed by atoms with Crippen molar-refractivity contribution in [3.05, 3.63) is 0 Å². The highest BCUT2D eigenvalue weighted by Crippen LogP contribution is 2.30. The van der Waals surface area contributed by atoms with Crippen LogP contribution in [0, 0.1) is 0 Å². The lowest BCUT2D eigenvalue weighted by molar-refractivity contribution is -0.150. The van der Waals surface area contributed by atoms with Gasteiger partial charge in [0.1, 0.15) is 12.2 Å². The van der Waals surface area contributed by atoms with Gasteiger partial charge in [0.05, 0.1) is 13.2 Å². The highest BCUT2D eigenvalue weighted by Gasteiger charge is 2.50. The summed E-state index contributed by atoms with van der Waals surface area (Å²) in [4.78, 5) is 11.2. The summed E-state index contributed by atoms with van der Waals surface area (Å²) in [6.45, 7) is 5.13. The zero-order chi connectivity index (χ0) is 8.82. The van der Waals surface area contributed by atoms with Gasteiger partial charge in [-0.1, -0.05) is 0 Å². The summed E-state index contributed by atoms with van der Waals surface area (Å²) < 4.78 is 15.0. The van der Waals surface area contributed by atoms with Crippen molar-refractivity contribution in [2.45, 2.75) is 25.0 Å². The van der Waals surface area contributed by atoms with Crippen LogP contribution in [0.3, 0.4) is 0 Å². The van der Waals surface area contributed by atoms with Crippen molar-refractivity contribution in [3.63, 3.8) is 0 Å². The molecule has 0 N–H and O–H groups in total. The van der Waals surface area contributed by atoms with Gasteiger partial charge in [-0.25, -0.2) is 4.79 Å². The minimum Gasteiger partial charge on any atom is -0.460 e. The van der Waals surface area contributed by atoms with E-state index in [1.165, 1.54) is 0 Å². The van der Waals surface area contributed by atoms with E-state index in [0.29, 0.717) is 19.8 Å². The minimum absolute atomic E-state index is 0.221. The van der Waals surface area contributed by atoms with Crippen molar-refractivity contribution < 1.29 is 19.0 Å². The van der Waals surface area contributed by atoms with E-state index in [9.17, 15) is 4.79 Å². The predicted octanol–water partition coefficient (Wildman–Crippen LogP) is 0.107. The molecular weight excluding hydrogens is 160 g/mol. The van der Waals surface area contributed by atoms with Crippen LogP contribution >= 0.6 is 0 Å². The first-order valence-electron chi connectivity index (χ1n) is 3.99. The zero-order valence-electron chi connectivity index (χ0n) is 7.25. The summed E-state index contributed by atoms with van der Waals surface area (Å²) >= 11 is 0. The molecule has 0 aromatic heterocycles. The lowest BCUT2D eigenvalue weighted by atomic mass is 10.2. The van der Waals surface area contributed by atoms with Crippen LogP contribution in [0.4, 0.5) is 0 Å². The van der Waals surface area contributed by atoms with Crippen molar-refractivity contribution >= 4 is 5.97 Å². The minimum atomic E-state index is -0.661. The molecule has 0 radical (unpaired) electrons. The standard InChI is InChI=1S/C8H12O4/c1-7(4-11-7)3-10-6(9)8(2)5-12-8/h3-5H2,1-2H3/t7-,8+/m0/s1. The molecule has 2 aliphatic heterocycles. The Morgan fingerprint density at radius 3 is 2.42 bits per heavy atom. The third kappa shape index (κ3) is 1.44. The number of epoxide rings is 2. The van der Waals surface area contributed by atoms with E-state index in [-0.39, 0.29) is 11.6 Å². The number of esters is 1. The highest BCUT2D eigenvalue weighted by molar-refractivity contribution is 5.81. The first kappa shape index (κ1) is 8.01. The maximum Gasteiger partial charge on any atom is 0.340 e. The molecule has 0 aromatic rings. The van der Waals surface area contributed by atoms with E-state index in [1.807, 2.05) is 6.92 Å². The summed E-state index contributed by atoms with van der Waals surface area (Å²) in [7, 11) is 0. The predicted molar refractivity (Wildman–Crippen MR) is 39.7 cm³/mol. The summed E-state index contributed by atoms with van der Waals surface area (Å²) in [6.07, 6.45) is 0. The normalized spacial score (nSPS) is 43.8. The van der Waals surface area contributed by atoms with Gasteiger partial charge in [0.2, 0.25) is 0 Å². The van der Waals surface area contributed by atoms with Gasteiger partial charge in [-0.05, 0) is 13.8 Å². The molecule has 2 saturated heterocycles. The number of carbonyl (C=O) groups excluding carboxylic acids is 1. The molecule has 68 valence electrons. The van der Waals surface area contributed by atoms with E-state index in [4.69, 9.17) is 14.2 Å². The Balaban J connectivity index is 1.76. The molecule has 12 heavy (non-hydrogen) atoms. The van der Waals surface area contributed by atoms with Gasteiger partial charge >= 0.3 is 5.97 Å². The summed E-state index contributed by atoms with van der Waals surface area (Å²) in [5.41, 5.74) is -0.883. The molecule has 2 atom stereocenters. The highest BCUT2D eigenvalue weighted by atomic mass is 16.7. The Bertz CT molecular complexity index is 215. The van der Waals surface area contributed by atoms with Crippen LogP contribution in [0.2, 0.25) is 0 Å². The van der Waals surface area contributed by atoms with Crippen LogP contribution in [0.25, 0.3) is 0 Å². The van der Waals surface area contributed by atoms with Crippen LogP contribution < -0.4 is 0 Å². The third-order valence-corrected chi connectivity index (χ3v) is 2.15. The summed E-state index contributed by atoms with van der Waals surface area (Å²) in [6, 6.07) is 0. The molecule has 4 heteroatoms. The molecule has 0 bridgehead atoms. The molecular formula is C8H12O4. The summed E-state index contributed by atoms with van der Waals surface area (Å²) in [5, 5.41) is 0. The van der Waals surface area contributed by atoms with Gasteiger partial charge in [0, 0.05) is 0 Å². The van der Waals surface area contributed by atoms with Gasteiger partial charge in [-0.15, -0.1) is 0 Å². The van der Waals surface area contributed by atoms with Gasteiger partial charge in [-0.2, -0.15) is 0 Å². The Morgan fingerprint density at radius 2 is 2.00 bits per heavy atom. The number of hydrogen-bond acceptors (Lipinski definition) is 4. The summed E-state index contributed by atoms with van der Waals surface area (Å²) in [5.74, 6) is -0.278. The molecule has 0 unspecified atom stereocenters. The fourth-order valence-electron chi connectivity index (χ4n) is 0.804. The topological polar surface area (TPSA) is 51.4 Å². The van der Waals surface area contributed by atoms with Gasteiger partial charge in [0.15, 0.2) is 5.60 Å². The Hall–Kier alpha value is -0.610. The molecule has 2 fully saturated rings. The van der Waals surface area contributed by atoms with Crippen LogP contribution in [0.5, 0.6) is 0 Å². The molecule has 0 amide bonds. The first-order chi connectivity index (χ1) is 5.54. The smallest absolute Gasteiger partial charge is 0.340 e. The molecule has 4 nitrogen and oxygen atoms in total. The maximum atomic E-state index is 11.2. The lowest BCUT2D eigenvalue weighted by Gasteiger charge is -2.08. The molecule has 0 aromatic carbocycles. The second kappa shape index (κ2) is 2.20. The monoisotopic (exact) mass is 172 g/mol. The number of carbonyl (C=O) groups is 1. The maximum absolute atomic E-state index is 11.2. The Morgan fingerprint density at radius 1 is 1.42 bits per heavy atom.